The summed E-state index contributed by atoms with van der Waals surface area (Å²) < 4.78 is 9.22. The van der Waals surface area contributed by atoms with Gasteiger partial charge in [-0.05, 0) is 48.0 Å². The summed E-state index contributed by atoms with van der Waals surface area (Å²) in [6.45, 7) is 4.82. The highest BCUT2D eigenvalue weighted by molar-refractivity contribution is 5.80. The highest BCUT2D eigenvalue weighted by Crippen LogP contribution is 2.31. The van der Waals surface area contributed by atoms with Crippen molar-refractivity contribution in [1.82, 2.24) is 4.57 Å². The fourth-order valence-electron chi connectivity index (χ4n) is 4.37. The molecule has 2 N–H and O–H groups in total. The number of allylic oxidation sites excluding steroid dienone is 3. The summed E-state index contributed by atoms with van der Waals surface area (Å²) in [5.41, 5.74) is 3.56. The van der Waals surface area contributed by atoms with Gasteiger partial charge in [-0.1, -0.05) is 31.2 Å². The molecule has 4 rings (SSSR count). The van der Waals surface area contributed by atoms with Gasteiger partial charge in [-0.3, -0.25) is 4.79 Å². The van der Waals surface area contributed by atoms with Gasteiger partial charge in [0, 0.05) is 29.5 Å². The van der Waals surface area contributed by atoms with Crippen LogP contribution in [-0.2, 0) is 17.9 Å². The molecule has 7 heteroatoms. The number of aryl methyl sites for hydroxylation is 1. The second kappa shape index (κ2) is 10.4. The predicted molar refractivity (Wildman–Crippen MR) is 132 cm³/mol. The average molecular weight is 473 g/mol. The van der Waals surface area contributed by atoms with Crippen LogP contribution < -0.4 is 14.8 Å². The first kappa shape index (κ1) is 24.0. The van der Waals surface area contributed by atoms with Gasteiger partial charge in [0.25, 0.3) is 0 Å². The number of aromatic nitrogens is 2. The van der Waals surface area contributed by atoms with Crippen LogP contribution in [0.2, 0.25) is 0 Å². The zero-order valence-corrected chi connectivity index (χ0v) is 20.2. The summed E-state index contributed by atoms with van der Waals surface area (Å²) in [5.74, 6) is 1.48. The minimum atomic E-state index is 0.0547. The molecule has 2 heterocycles. The molecule has 3 aromatic rings. The first-order valence-corrected chi connectivity index (χ1v) is 11.5. The molecule has 7 nitrogen and oxygen atoms in total. The molecule has 0 fully saturated rings. The number of aliphatic hydroxyl groups excluding tert-OH is 1. The fraction of sp³-hybridized carbons (Fsp3) is 0.250. The Balaban J connectivity index is 1.73. The smallest absolute Gasteiger partial charge is 0.325 e. The SMILES string of the molecule is COc1cc(C)cc(Cn2ccccc2=Nc2cccc[n+]2CC2=C(O)C(C=O)=CC(C)C2)c1O. The lowest BCUT2D eigenvalue weighted by atomic mass is 9.90. The Kier molecular flexibility index (Phi) is 7.15. The molecular formula is C28H30N3O4+. The number of aromatic hydroxyl groups is 1. The number of carbonyl (C=O) groups excluding carboxylic acids is 1. The van der Waals surface area contributed by atoms with Crippen LogP contribution >= 0.6 is 0 Å². The van der Waals surface area contributed by atoms with Gasteiger partial charge in [0.15, 0.2) is 17.8 Å². The number of hydrogen-bond acceptors (Lipinski definition) is 5. The van der Waals surface area contributed by atoms with Crippen molar-refractivity contribution in [1.29, 1.82) is 0 Å². The van der Waals surface area contributed by atoms with Crippen LogP contribution in [0.3, 0.4) is 0 Å². The van der Waals surface area contributed by atoms with Gasteiger partial charge in [-0.2, -0.15) is 0 Å². The fourth-order valence-corrected chi connectivity index (χ4v) is 4.37. The van der Waals surface area contributed by atoms with Crippen molar-refractivity contribution in [2.45, 2.75) is 33.4 Å². The maximum absolute atomic E-state index is 11.4. The van der Waals surface area contributed by atoms with E-state index in [-0.39, 0.29) is 17.4 Å². The van der Waals surface area contributed by atoms with Gasteiger partial charge >= 0.3 is 5.82 Å². The second-order valence-corrected chi connectivity index (χ2v) is 8.83. The van der Waals surface area contributed by atoms with E-state index in [1.54, 1.807) is 12.1 Å². The maximum Gasteiger partial charge on any atom is 0.325 e. The third kappa shape index (κ3) is 5.35. The summed E-state index contributed by atoms with van der Waals surface area (Å²) in [6.07, 6.45) is 7.00. The number of methoxy groups -OCH3 is 1. The van der Waals surface area contributed by atoms with Gasteiger partial charge in [-0.25, -0.2) is 4.57 Å². The Bertz CT molecular complexity index is 1380. The Hall–Kier alpha value is -4.13. The van der Waals surface area contributed by atoms with E-state index in [9.17, 15) is 15.0 Å². The molecular weight excluding hydrogens is 442 g/mol. The number of hydrogen-bond donors (Lipinski definition) is 2. The van der Waals surface area contributed by atoms with E-state index in [4.69, 9.17) is 9.73 Å². The van der Waals surface area contributed by atoms with Crippen LogP contribution in [-0.4, -0.2) is 28.2 Å². The summed E-state index contributed by atoms with van der Waals surface area (Å²) in [5, 5.41) is 21.2. The Morgan fingerprint density at radius 3 is 2.77 bits per heavy atom. The third-order valence-electron chi connectivity index (χ3n) is 6.05. The minimum Gasteiger partial charge on any atom is -0.507 e. The predicted octanol–water partition coefficient (Wildman–Crippen LogP) is 4.06. The molecule has 0 radical (unpaired) electrons. The van der Waals surface area contributed by atoms with E-state index < -0.39 is 0 Å². The lowest BCUT2D eigenvalue weighted by molar-refractivity contribution is -0.676. The Morgan fingerprint density at radius 1 is 1.20 bits per heavy atom. The molecule has 2 aromatic heterocycles. The molecule has 0 spiro atoms. The van der Waals surface area contributed by atoms with E-state index in [0.717, 1.165) is 16.7 Å². The summed E-state index contributed by atoms with van der Waals surface area (Å²) >= 11 is 0. The second-order valence-electron chi connectivity index (χ2n) is 8.83. The number of pyridine rings is 2. The van der Waals surface area contributed by atoms with E-state index in [2.05, 4.69) is 0 Å². The quantitative estimate of drug-likeness (QED) is 0.401. The third-order valence-corrected chi connectivity index (χ3v) is 6.05. The average Bonchev–Trinajstić information content (AvgIpc) is 2.85. The van der Waals surface area contributed by atoms with Crippen LogP contribution in [0.1, 0.15) is 24.5 Å². The molecule has 1 unspecified atom stereocenters. The van der Waals surface area contributed by atoms with Crippen molar-refractivity contribution in [2.24, 2.45) is 10.9 Å². The molecule has 1 aromatic carbocycles. The van der Waals surface area contributed by atoms with Crippen molar-refractivity contribution in [3.63, 3.8) is 0 Å². The normalized spacial score (nSPS) is 16.3. The number of rotatable bonds is 7. The lowest BCUT2D eigenvalue weighted by Gasteiger charge is -2.18. The Labute approximate surface area is 204 Å². The highest BCUT2D eigenvalue weighted by Gasteiger charge is 2.22. The van der Waals surface area contributed by atoms with Crippen molar-refractivity contribution in [3.05, 3.63) is 101 Å². The van der Waals surface area contributed by atoms with E-state index in [1.165, 1.54) is 7.11 Å². The number of aldehydes is 1. The summed E-state index contributed by atoms with van der Waals surface area (Å²) in [6, 6.07) is 15.2. The number of ether oxygens (including phenoxy) is 1. The lowest BCUT2D eigenvalue weighted by Crippen LogP contribution is -2.36. The first-order chi connectivity index (χ1) is 16.9. The van der Waals surface area contributed by atoms with Crippen molar-refractivity contribution in [3.8, 4) is 11.5 Å². The van der Waals surface area contributed by atoms with Crippen molar-refractivity contribution < 1.29 is 24.3 Å². The highest BCUT2D eigenvalue weighted by atomic mass is 16.5. The van der Waals surface area contributed by atoms with Crippen LogP contribution in [0, 0.1) is 12.8 Å². The Morgan fingerprint density at radius 2 is 2.00 bits per heavy atom. The molecule has 0 bridgehead atoms. The number of benzene rings is 1. The molecule has 0 saturated heterocycles. The van der Waals surface area contributed by atoms with Crippen LogP contribution in [0.25, 0.3) is 0 Å². The van der Waals surface area contributed by atoms with Crippen LogP contribution in [0.5, 0.6) is 11.5 Å². The first-order valence-electron chi connectivity index (χ1n) is 11.5. The standard InChI is InChI=1S/C28H29N3O4/c1-19-12-21(27(33)23(14-19)18-32)16-30-10-6-4-8-25(30)29-26-9-5-7-11-31(26)17-22-13-20(2)15-24(35-3)28(22)34/h4-11,13-15,18-19H,12,16-17H2,1-3H3,(H-,33,34)/p+1. The number of carbonyl (C=O) groups is 1. The van der Waals surface area contributed by atoms with Gasteiger partial charge < -0.3 is 19.5 Å². The number of aliphatic hydroxyl groups is 1. The van der Waals surface area contributed by atoms with Gasteiger partial charge in [0.2, 0.25) is 5.49 Å². The van der Waals surface area contributed by atoms with E-state index in [1.807, 2.05) is 77.8 Å². The van der Waals surface area contributed by atoms with Gasteiger partial charge in [0.05, 0.1) is 25.4 Å². The molecule has 180 valence electrons. The molecule has 1 atom stereocenters. The van der Waals surface area contributed by atoms with Crippen molar-refractivity contribution >= 4 is 12.1 Å². The van der Waals surface area contributed by atoms with Crippen molar-refractivity contribution in [2.75, 3.05) is 7.11 Å². The molecule has 1 aliphatic carbocycles. The maximum atomic E-state index is 11.4. The zero-order valence-electron chi connectivity index (χ0n) is 20.2. The zero-order chi connectivity index (χ0) is 24.9. The number of nitrogens with zero attached hydrogens (tertiary/aromatic N) is 3. The largest absolute Gasteiger partial charge is 0.507 e. The van der Waals surface area contributed by atoms with E-state index >= 15 is 0 Å². The van der Waals surface area contributed by atoms with Gasteiger partial charge in [-0.15, -0.1) is 0 Å². The topological polar surface area (TPSA) is 87.9 Å². The molecule has 0 aliphatic heterocycles. The molecule has 0 amide bonds. The monoisotopic (exact) mass is 472 g/mol. The number of phenols is 1. The molecule has 35 heavy (non-hydrogen) atoms. The minimum absolute atomic E-state index is 0.0547. The summed E-state index contributed by atoms with van der Waals surface area (Å²) in [4.78, 5) is 16.3. The van der Waals surface area contributed by atoms with E-state index in [0.29, 0.717) is 48.4 Å². The van der Waals surface area contributed by atoms with Gasteiger partial charge in [0.1, 0.15) is 12.3 Å². The van der Waals surface area contributed by atoms with Crippen LogP contribution in [0.4, 0.5) is 5.82 Å². The van der Waals surface area contributed by atoms with Crippen LogP contribution in [0.15, 0.2) is 88.9 Å². The summed E-state index contributed by atoms with van der Waals surface area (Å²) in [7, 11) is 1.54. The number of phenolic OH excluding ortho intramolecular Hbond substituents is 1. The molecule has 0 saturated carbocycles. The molecule has 1 aliphatic rings.